The van der Waals surface area contributed by atoms with Gasteiger partial charge in [0.1, 0.15) is 5.82 Å². The van der Waals surface area contributed by atoms with Gasteiger partial charge in [-0.15, -0.1) is 0 Å². The molecule has 1 aliphatic heterocycles. The van der Waals surface area contributed by atoms with Gasteiger partial charge in [0.25, 0.3) is 5.91 Å². The minimum atomic E-state index is -1.42. The summed E-state index contributed by atoms with van der Waals surface area (Å²) in [6.07, 6.45) is 3.02. The molecule has 1 atom stereocenters. The fraction of sp³-hybridized carbons (Fsp3) is 0.368. The molecule has 1 aliphatic rings. The Morgan fingerprint density at radius 2 is 2.08 bits per heavy atom. The molecule has 1 aromatic carbocycles. The Labute approximate surface area is 147 Å². The number of amides is 1. The molecule has 0 aliphatic carbocycles. The summed E-state index contributed by atoms with van der Waals surface area (Å²) in [6, 6.07) is 14.1. The van der Waals surface area contributed by atoms with Crippen molar-refractivity contribution in [1.82, 2.24) is 9.88 Å². The van der Waals surface area contributed by atoms with Crippen LogP contribution < -0.4 is 10.6 Å². The van der Waals surface area contributed by atoms with Gasteiger partial charge in [0, 0.05) is 32.0 Å². The fourth-order valence-electron chi connectivity index (χ4n) is 3.21. The molecule has 6 heteroatoms. The third-order valence-corrected chi connectivity index (χ3v) is 4.71. The zero-order valence-corrected chi connectivity index (χ0v) is 14.4. The van der Waals surface area contributed by atoms with E-state index in [1.807, 2.05) is 65.5 Å². The van der Waals surface area contributed by atoms with Crippen LogP contribution in [0.1, 0.15) is 18.4 Å². The number of nitrogens with zero attached hydrogens (tertiary/aromatic N) is 3. The first-order valence-corrected chi connectivity index (χ1v) is 8.46. The van der Waals surface area contributed by atoms with E-state index in [1.54, 1.807) is 0 Å². The van der Waals surface area contributed by atoms with E-state index in [2.05, 4.69) is 4.98 Å². The summed E-state index contributed by atoms with van der Waals surface area (Å²) in [5, 5.41) is 10.3. The van der Waals surface area contributed by atoms with Crippen LogP contribution in [0.5, 0.6) is 0 Å². The van der Waals surface area contributed by atoms with E-state index in [4.69, 9.17) is 5.73 Å². The number of rotatable bonds is 5. The molecule has 2 heterocycles. The molecule has 1 saturated heterocycles. The van der Waals surface area contributed by atoms with E-state index in [0.717, 1.165) is 30.0 Å². The number of likely N-dealkylation sites (tertiary alicyclic amines) is 1. The number of β-amino-alcohol motifs (C(OH)–C–C–N with tert-alkyl or cyclic N) is 1. The molecule has 0 spiro atoms. The van der Waals surface area contributed by atoms with Crippen molar-refractivity contribution in [2.45, 2.75) is 25.0 Å². The lowest BCUT2D eigenvalue weighted by Gasteiger charge is -2.37. The number of hydrogen-bond donors (Lipinski definition) is 2. The third kappa shape index (κ3) is 3.97. The Balaban J connectivity index is 1.66. The maximum atomic E-state index is 11.5. The zero-order chi connectivity index (χ0) is 17.9. The molecule has 1 amide bonds. The average molecular weight is 340 g/mol. The number of pyridine rings is 1. The van der Waals surface area contributed by atoms with Gasteiger partial charge in [0.05, 0.1) is 0 Å². The van der Waals surface area contributed by atoms with Gasteiger partial charge in [-0.2, -0.15) is 0 Å². The number of anilines is 2. The number of carbonyl (C=O) groups is 1. The smallest absolute Gasteiger partial charge is 0.250 e. The summed E-state index contributed by atoms with van der Waals surface area (Å²) in [4.78, 5) is 20.1. The summed E-state index contributed by atoms with van der Waals surface area (Å²) < 4.78 is 0. The van der Waals surface area contributed by atoms with E-state index >= 15 is 0 Å². The van der Waals surface area contributed by atoms with Crippen LogP contribution in [0.25, 0.3) is 0 Å². The number of para-hydroxylation sites is 1. The minimum absolute atomic E-state index is 0.272. The lowest BCUT2D eigenvalue weighted by atomic mass is 9.92. The van der Waals surface area contributed by atoms with Crippen molar-refractivity contribution in [3.8, 4) is 0 Å². The standard InChI is InChI=1S/C19H24N4O2/c1-22(16-6-3-2-4-7-16)17-9-8-15(12-21-17)13-23-11-5-10-19(25,14-23)18(20)24/h2-4,6-9,12,25H,5,10-11,13-14H2,1H3,(H2,20,24). The number of hydrogen-bond acceptors (Lipinski definition) is 5. The maximum Gasteiger partial charge on any atom is 0.250 e. The molecule has 25 heavy (non-hydrogen) atoms. The van der Waals surface area contributed by atoms with Gasteiger partial charge in [-0.3, -0.25) is 9.69 Å². The largest absolute Gasteiger partial charge is 0.379 e. The summed E-state index contributed by atoms with van der Waals surface area (Å²) in [6.45, 7) is 1.74. The molecular weight excluding hydrogens is 316 g/mol. The Bertz CT molecular complexity index is 720. The number of carbonyl (C=O) groups excluding carboxylic acids is 1. The molecule has 3 N–H and O–H groups in total. The minimum Gasteiger partial charge on any atom is -0.379 e. The van der Waals surface area contributed by atoms with Crippen LogP contribution in [0.2, 0.25) is 0 Å². The predicted molar refractivity (Wildman–Crippen MR) is 97.4 cm³/mol. The fourth-order valence-corrected chi connectivity index (χ4v) is 3.21. The Morgan fingerprint density at radius 1 is 1.32 bits per heavy atom. The second-order valence-electron chi connectivity index (χ2n) is 6.63. The number of piperidine rings is 1. The number of primary amides is 1. The van der Waals surface area contributed by atoms with Crippen molar-refractivity contribution in [3.05, 3.63) is 54.2 Å². The van der Waals surface area contributed by atoms with E-state index in [1.165, 1.54) is 0 Å². The zero-order valence-electron chi connectivity index (χ0n) is 14.4. The van der Waals surface area contributed by atoms with Crippen LogP contribution in [0.4, 0.5) is 11.5 Å². The SMILES string of the molecule is CN(c1ccccc1)c1ccc(CN2CCCC(O)(C(N)=O)C2)cn1. The highest BCUT2D eigenvalue weighted by atomic mass is 16.3. The summed E-state index contributed by atoms with van der Waals surface area (Å²) >= 11 is 0. The highest BCUT2D eigenvalue weighted by Gasteiger charge is 2.38. The molecule has 0 radical (unpaired) electrons. The molecule has 1 aromatic heterocycles. The number of nitrogens with two attached hydrogens (primary N) is 1. The Morgan fingerprint density at radius 3 is 2.72 bits per heavy atom. The monoisotopic (exact) mass is 340 g/mol. The van der Waals surface area contributed by atoms with Crippen LogP contribution in [0.15, 0.2) is 48.7 Å². The van der Waals surface area contributed by atoms with Crippen molar-refractivity contribution < 1.29 is 9.90 Å². The van der Waals surface area contributed by atoms with Crippen LogP contribution in [0, 0.1) is 0 Å². The van der Waals surface area contributed by atoms with Gasteiger partial charge in [0.2, 0.25) is 0 Å². The van der Waals surface area contributed by atoms with Gasteiger partial charge < -0.3 is 15.7 Å². The van der Waals surface area contributed by atoms with Gasteiger partial charge in [0.15, 0.2) is 5.60 Å². The molecule has 0 bridgehead atoms. The summed E-state index contributed by atoms with van der Waals surface area (Å²) in [5.41, 5.74) is 6.03. The molecule has 1 unspecified atom stereocenters. The van der Waals surface area contributed by atoms with E-state index in [0.29, 0.717) is 13.0 Å². The third-order valence-electron chi connectivity index (χ3n) is 4.71. The Hall–Kier alpha value is -2.44. The maximum absolute atomic E-state index is 11.5. The normalized spacial score (nSPS) is 21.0. The van der Waals surface area contributed by atoms with Gasteiger partial charge in [-0.05, 0) is 43.1 Å². The molecule has 6 nitrogen and oxygen atoms in total. The van der Waals surface area contributed by atoms with Crippen LogP contribution in [-0.4, -0.2) is 46.6 Å². The first-order valence-electron chi connectivity index (χ1n) is 8.46. The lowest BCUT2D eigenvalue weighted by molar-refractivity contribution is -0.142. The summed E-state index contributed by atoms with van der Waals surface area (Å²) in [5.74, 6) is 0.220. The highest BCUT2D eigenvalue weighted by Crippen LogP contribution is 2.24. The van der Waals surface area contributed by atoms with E-state index in [9.17, 15) is 9.90 Å². The van der Waals surface area contributed by atoms with E-state index < -0.39 is 11.5 Å². The second-order valence-corrected chi connectivity index (χ2v) is 6.63. The van der Waals surface area contributed by atoms with Gasteiger partial charge in [-0.25, -0.2) is 4.98 Å². The summed E-state index contributed by atoms with van der Waals surface area (Å²) in [7, 11) is 1.98. The average Bonchev–Trinajstić information content (AvgIpc) is 2.62. The van der Waals surface area contributed by atoms with Crippen molar-refractivity contribution in [3.63, 3.8) is 0 Å². The van der Waals surface area contributed by atoms with Crippen molar-refractivity contribution in [2.24, 2.45) is 5.73 Å². The highest BCUT2D eigenvalue weighted by molar-refractivity contribution is 5.83. The predicted octanol–water partition coefficient (Wildman–Crippen LogP) is 1.66. The van der Waals surface area contributed by atoms with Crippen LogP contribution >= 0.6 is 0 Å². The Kier molecular flexibility index (Phi) is 5.01. The number of benzene rings is 1. The molecule has 132 valence electrons. The lowest BCUT2D eigenvalue weighted by Crippen LogP contribution is -2.55. The number of aromatic nitrogens is 1. The topological polar surface area (TPSA) is 82.7 Å². The molecule has 1 fully saturated rings. The van der Waals surface area contributed by atoms with Crippen LogP contribution in [0.3, 0.4) is 0 Å². The second kappa shape index (κ2) is 7.21. The first kappa shape index (κ1) is 17.4. The molecule has 0 saturated carbocycles. The van der Waals surface area contributed by atoms with Gasteiger partial charge in [-0.1, -0.05) is 24.3 Å². The van der Waals surface area contributed by atoms with E-state index in [-0.39, 0.29) is 6.54 Å². The quantitative estimate of drug-likeness (QED) is 0.865. The molecule has 2 aromatic rings. The van der Waals surface area contributed by atoms with Crippen LogP contribution in [-0.2, 0) is 11.3 Å². The van der Waals surface area contributed by atoms with Gasteiger partial charge >= 0.3 is 0 Å². The van der Waals surface area contributed by atoms with Crippen molar-refractivity contribution in [2.75, 3.05) is 25.0 Å². The molecular formula is C19H24N4O2. The van der Waals surface area contributed by atoms with Crippen molar-refractivity contribution in [1.29, 1.82) is 0 Å². The number of aliphatic hydroxyl groups is 1. The van der Waals surface area contributed by atoms with Crippen molar-refractivity contribution >= 4 is 17.4 Å². The molecule has 3 rings (SSSR count). The first-order chi connectivity index (χ1) is 12.0.